The smallest absolute Gasteiger partial charge is 0.224 e. The fourth-order valence-corrected chi connectivity index (χ4v) is 3.13. The second-order valence-electron chi connectivity index (χ2n) is 5.82. The fraction of sp³-hybridized carbons (Fsp3) is 0.933. The minimum absolute atomic E-state index is 0.276. The Bertz CT molecular complexity index is 269. The summed E-state index contributed by atoms with van der Waals surface area (Å²) in [5.74, 6) is 1.21. The van der Waals surface area contributed by atoms with E-state index >= 15 is 0 Å². The molecule has 2 aliphatic rings. The van der Waals surface area contributed by atoms with Crippen LogP contribution >= 0.6 is 0 Å². The lowest BCUT2D eigenvalue weighted by Crippen LogP contribution is -2.42. The monoisotopic (exact) mass is 268 g/mol. The first-order chi connectivity index (χ1) is 9.29. The number of carbonyl (C=O) groups excluding carboxylic acids is 1. The summed E-state index contributed by atoms with van der Waals surface area (Å²) in [7, 11) is 0. The zero-order valence-corrected chi connectivity index (χ0v) is 12.2. The highest BCUT2D eigenvalue weighted by Gasteiger charge is 2.20. The van der Waals surface area contributed by atoms with Gasteiger partial charge in [0.2, 0.25) is 5.91 Å². The van der Waals surface area contributed by atoms with Crippen LogP contribution in [-0.2, 0) is 9.53 Å². The molecule has 1 N–H and O–H groups in total. The summed E-state index contributed by atoms with van der Waals surface area (Å²) in [5, 5.41) is 3.56. The molecule has 1 amide bonds. The van der Waals surface area contributed by atoms with Gasteiger partial charge in [-0.2, -0.15) is 0 Å². The van der Waals surface area contributed by atoms with E-state index in [-0.39, 0.29) is 5.91 Å². The van der Waals surface area contributed by atoms with Gasteiger partial charge in [0.15, 0.2) is 0 Å². The van der Waals surface area contributed by atoms with Crippen molar-refractivity contribution in [3.63, 3.8) is 0 Å². The van der Waals surface area contributed by atoms with Crippen molar-refractivity contribution in [3.8, 4) is 0 Å². The minimum atomic E-state index is 0.276. The number of morpholine rings is 1. The predicted octanol–water partition coefficient (Wildman–Crippen LogP) is 1.79. The van der Waals surface area contributed by atoms with Crippen LogP contribution in [0.5, 0.6) is 0 Å². The van der Waals surface area contributed by atoms with E-state index < -0.39 is 0 Å². The summed E-state index contributed by atoms with van der Waals surface area (Å²) >= 11 is 0. The lowest BCUT2D eigenvalue weighted by atomic mass is 9.84. The van der Waals surface area contributed by atoms with Crippen molar-refractivity contribution in [2.45, 2.75) is 51.5 Å². The molecule has 0 bridgehead atoms. The first kappa shape index (κ1) is 14.8. The van der Waals surface area contributed by atoms with Crippen LogP contribution in [0.25, 0.3) is 0 Å². The second-order valence-corrected chi connectivity index (χ2v) is 5.82. The van der Waals surface area contributed by atoms with Gasteiger partial charge in [-0.1, -0.05) is 13.3 Å². The molecular weight excluding hydrogens is 240 g/mol. The van der Waals surface area contributed by atoms with Crippen molar-refractivity contribution < 1.29 is 9.53 Å². The van der Waals surface area contributed by atoms with Gasteiger partial charge in [0, 0.05) is 32.1 Å². The maximum absolute atomic E-state index is 12.0. The molecule has 1 saturated carbocycles. The Morgan fingerprint density at radius 2 is 1.89 bits per heavy atom. The zero-order chi connectivity index (χ0) is 13.5. The molecule has 2 fully saturated rings. The number of carbonyl (C=O) groups is 1. The normalized spacial score (nSPS) is 28.4. The van der Waals surface area contributed by atoms with Gasteiger partial charge in [0.25, 0.3) is 0 Å². The van der Waals surface area contributed by atoms with Gasteiger partial charge in [-0.25, -0.2) is 0 Å². The van der Waals surface area contributed by atoms with E-state index in [0.717, 1.165) is 25.6 Å². The average molecular weight is 268 g/mol. The molecule has 0 aromatic heterocycles. The Hall–Kier alpha value is -0.610. The van der Waals surface area contributed by atoms with Gasteiger partial charge in [-0.3, -0.25) is 4.79 Å². The fourth-order valence-electron chi connectivity index (χ4n) is 3.13. The minimum Gasteiger partial charge on any atom is -0.378 e. The van der Waals surface area contributed by atoms with Crippen LogP contribution in [0, 0.1) is 5.92 Å². The topological polar surface area (TPSA) is 41.6 Å². The SMILES string of the molecule is CCC1CCC(NCCC(=O)N2CCOCC2)CC1. The molecule has 1 aliphatic heterocycles. The van der Waals surface area contributed by atoms with Gasteiger partial charge >= 0.3 is 0 Å². The van der Waals surface area contributed by atoms with E-state index in [2.05, 4.69) is 12.2 Å². The molecule has 19 heavy (non-hydrogen) atoms. The van der Waals surface area contributed by atoms with Crippen LogP contribution in [0.4, 0.5) is 0 Å². The molecule has 2 rings (SSSR count). The highest BCUT2D eigenvalue weighted by Crippen LogP contribution is 2.26. The van der Waals surface area contributed by atoms with E-state index in [9.17, 15) is 4.79 Å². The third-order valence-electron chi connectivity index (χ3n) is 4.56. The quantitative estimate of drug-likeness (QED) is 0.826. The summed E-state index contributed by atoms with van der Waals surface area (Å²) < 4.78 is 5.26. The lowest BCUT2D eigenvalue weighted by Gasteiger charge is -2.29. The second kappa shape index (κ2) is 7.85. The molecule has 4 heteroatoms. The number of amides is 1. The molecule has 4 nitrogen and oxygen atoms in total. The molecule has 0 unspecified atom stereocenters. The molecule has 110 valence electrons. The third-order valence-corrected chi connectivity index (χ3v) is 4.56. The first-order valence-corrected chi connectivity index (χ1v) is 7.88. The summed E-state index contributed by atoms with van der Waals surface area (Å²) in [4.78, 5) is 13.9. The molecule has 0 spiro atoms. The maximum atomic E-state index is 12.0. The Balaban J connectivity index is 1.57. The van der Waals surface area contributed by atoms with E-state index in [1.54, 1.807) is 0 Å². The number of nitrogens with one attached hydrogen (secondary N) is 1. The number of nitrogens with zero attached hydrogens (tertiary/aromatic N) is 1. The van der Waals surface area contributed by atoms with E-state index in [1.807, 2.05) is 4.90 Å². The van der Waals surface area contributed by atoms with Crippen molar-refractivity contribution in [1.82, 2.24) is 10.2 Å². The molecule has 1 aliphatic carbocycles. The van der Waals surface area contributed by atoms with Crippen molar-refractivity contribution >= 4 is 5.91 Å². The zero-order valence-electron chi connectivity index (χ0n) is 12.2. The van der Waals surface area contributed by atoms with Crippen molar-refractivity contribution in [1.29, 1.82) is 0 Å². The van der Waals surface area contributed by atoms with Crippen LogP contribution in [0.2, 0.25) is 0 Å². The molecule has 0 aromatic rings. The highest BCUT2D eigenvalue weighted by molar-refractivity contribution is 5.76. The van der Waals surface area contributed by atoms with Crippen LogP contribution < -0.4 is 5.32 Å². The van der Waals surface area contributed by atoms with Crippen molar-refractivity contribution in [3.05, 3.63) is 0 Å². The number of hydrogen-bond donors (Lipinski definition) is 1. The van der Waals surface area contributed by atoms with Crippen LogP contribution in [0.3, 0.4) is 0 Å². The molecule has 0 aromatic carbocycles. The maximum Gasteiger partial charge on any atom is 0.224 e. The Morgan fingerprint density at radius 3 is 2.53 bits per heavy atom. The van der Waals surface area contributed by atoms with Crippen LogP contribution in [0.15, 0.2) is 0 Å². The summed E-state index contributed by atoms with van der Waals surface area (Å²) in [6, 6.07) is 0.639. The van der Waals surface area contributed by atoms with Crippen LogP contribution in [-0.4, -0.2) is 49.7 Å². The van der Waals surface area contributed by atoms with E-state index in [4.69, 9.17) is 4.74 Å². The standard InChI is InChI=1S/C15H28N2O2/c1-2-13-3-5-14(6-4-13)16-8-7-15(18)17-9-11-19-12-10-17/h13-14,16H,2-12H2,1H3. The van der Waals surface area contributed by atoms with Gasteiger partial charge in [0.1, 0.15) is 0 Å². The highest BCUT2D eigenvalue weighted by atomic mass is 16.5. The average Bonchev–Trinajstić information content (AvgIpc) is 2.49. The largest absolute Gasteiger partial charge is 0.378 e. The molecule has 0 radical (unpaired) electrons. The lowest BCUT2D eigenvalue weighted by molar-refractivity contribution is -0.135. The number of ether oxygens (including phenoxy) is 1. The summed E-state index contributed by atoms with van der Waals surface area (Å²) in [5.41, 5.74) is 0. The predicted molar refractivity (Wildman–Crippen MR) is 76.1 cm³/mol. The Morgan fingerprint density at radius 1 is 1.21 bits per heavy atom. The number of hydrogen-bond acceptors (Lipinski definition) is 3. The molecule has 1 saturated heterocycles. The van der Waals surface area contributed by atoms with Gasteiger partial charge in [-0.05, 0) is 31.6 Å². The van der Waals surface area contributed by atoms with Crippen molar-refractivity contribution in [2.75, 3.05) is 32.8 Å². The molecule has 0 atom stereocenters. The van der Waals surface area contributed by atoms with Gasteiger partial charge in [-0.15, -0.1) is 0 Å². The Labute approximate surface area is 116 Å². The number of rotatable bonds is 5. The van der Waals surface area contributed by atoms with Gasteiger partial charge in [0.05, 0.1) is 13.2 Å². The van der Waals surface area contributed by atoms with E-state index in [0.29, 0.717) is 25.7 Å². The first-order valence-electron chi connectivity index (χ1n) is 7.88. The molecule has 1 heterocycles. The van der Waals surface area contributed by atoms with Crippen molar-refractivity contribution in [2.24, 2.45) is 5.92 Å². The third kappa shape index (κ3) is 4.77. The Kier molecular flexibility index (Phi) is 6.11. The summed E-state index contributed by atoms with van der Waals surface area (Å²) in [6.45, 7) is 6.04. The van der Waals surface area contributed by atoms with Gasteiger partial charge < -0.3 is 15.0 Å². The summed E-state index contributed by atoms with van der Waals surface area (Å²) in [6.07, 6.45) is 7.22. The van der Waals surface area contributed by atoms with E-state index in [1.165, 1.54) is 32.1 Å². The van der Waals surface area contributed by atoms with Crippen LogP contribution in [0.1, 0.15) is 45.4 Å². The molecular formula is C15H28N2O2.